The first-order valence-electron chi connectivity index (χ1n) is 13.3. The highest BCUT2D eigenvalue weighted by molar-refractivity contribution is 5.94. The highest BCUT2D eigenvalue weighted by Gasteiger charge is 2.26. The van der Waals surface area contributed by atoms with Crippen LogP contribution in [0, 0.1) is 5.82 Å². The Balaban J connectivity index is 1.40. The molecule has 3 aromatic carbocycles. The van der Waals surface area contributed by atoms with Gasteiger partial charge in [0.2, 0.25) is 0 Å². The maximum Gasteiger partial charge on any atom is 0.304 e. The van der Waals surface area contributed by atoms with Gasteiger partial charge in [0.1, 0.15) is 11.3 Å². The predicted molar refractivity (Wildman–Crippen MR) is 142 cm³/mol. The summed E-state index contributed by atoms with van der Waals surface area (Å²) in [5, 5.41) is 18.4. The van der Waals surface area contributed by atoms with Gasteiger partial charge in [0, 0.05) is 32.2 Å². The Morgan fingerprint density at radius 1 is 1.00 bits per heavy atom. The maximum atomic E-state index is 15.0. The lowest BCUT2D eigenvalue weighted by molar-refractivity contribution is -0.137. The molecule has 0 fully saturated rings. The zero-order chi connectivity index (χ0) is 26.9. The zero-order valence-corrected chi connectivity index (χ0v) is 21.5. The number of aliphatic carboxylic acids is 1. The van der Waals surface area contributed by atoms with Crippen molar-refractivity contribution in [3.8, 4) is 0 Å². The van der Waals surface area contributed by atoms with Crippen molar-refractivity contribution in [1.82, 2.24) is 19.9 Å². The van der Waals surface area contributed by atoms with Gasteiger partial charge in [-0.15, -0.1) is 5.10 Å². The van der Waals surface area contributed by atoms with Crippen LogP contribution in [-0.4, -0.2) is 56.6 Å². The first-order valence-corrected chi connectivity index (χ1v) is 13.3. The minimum atomic E-state index is -0.904. The van der Waals surface area contributed by atoms with Crippen LogP contribution >= 0.6 is 0 Å². The number of benzene rings is 3. The van der Waals surface area contributed by atoms with Crippen LogP contribution in [0.1, 0.15) is 56.9 Å². The molecule has 0 radical (unpaired) electrons. The average molecular weight is 529 g/mol. The third kappa shape index (κ3) is 5.14. The molecular formula is C30H29FN4O4. The second-order valence-electron chi connectivity index (χ2n) is 10.2. The van der Waals surface area contributed by atoms with Crippen LogP contribution in [0.4, 0.5) is 4.39 Å². The number of aromatic nitrogens is 3. The van der Waals surface area contributed by atoms with Gasteiger partial charge in [0.25, 0.3) is 5.91 Å². The quantitative estimate of drug-likeness (QED) is 0.416. The smallest absolute Gasteiger partial charge is 0.304 e. The minimum absolute atomic E-state index is 0.0590. The Labute approximate surface area is 225 Å². The van der Waals surface area contributed by atoms with Crippen molar-refractivity contribution in [3.05, 3.63) is 93.8 Å². The molecule has 5 aliphatic heterocycles. The molecule has 4 aromatic rings. The molecule has 5 aliphatic rings. The third-order valence-electron chi connectivity index (χ3n) is 7.71. The highest BCUT2D eigenvalue weighted by Crippen LogP contribution is 2.33. The van der Waals surface area contributed by atoms with Gasteiger partial charge >= 0.3 is 5.97 Å². The summed E-state index contributed by atoms with van der Waals surface area (Å²) in [6.07, 6.45) is 1.85. The molecule has 0 spiro atoms. The largest absolute Gasteiger partial charge is 0.481 e. The summed E-state index contributed by atoms with van der Waals surface area (Å²) in [7, 11) is 0. The van der Waals surface area contributed by atoms with E-state index in [4.69, 9.17) is 4.74 Å². The van der Waals surface area contributed by atoms with Crippen molar-refractivity contribution >= 4 is 22.9 Å². The van der Waals surface area contributed by atoms with E-state index in [1.807, 2.05) is 41.1 Å². The molecule has 39 heavy (non-hydrogen) atoms. The van der Waals surface area contributed by atoms with Gasteiger partial charge < -0.3 is 14.7 Å². The van der Waals surface area contributed by atoms with Crippen LogP contribution in [0.25, 0.3) is 11.0 Å². The van der Waals surface area contributed by atoms with Gasteiger partial charge in [0.05, 0.1) is 24.1 Å². The third-order valence-corrected chi connectivity index (χ3v) is 7.71. The van der Waals surface area contributed by atoms with Gasteiger partial charge in [-0.1, -0.05) is 35.5 Å². The van der Waals surface area contributed by atoms with E-state index in [9.17, 15) is 19.1 Å². The van der Waals surface area contributed by atoms with Gasteiger partial charge in [-0.3, -0.25) is 9.59 Å². The molecule has 1 atom stereocenters. The molecule has 200 valence electrons. The molecule has 6 heterocycles. The van der Waals surface area contributed by atoms with Crippen LogP contribution in [-0.2, 0) is 35.5 Å². The molecule has 0 unspecified atom stereocenters. The maximum absolute atomic E-state index is 15.0. The van der Waals surface area contributed by atoms with E-state index in [1.54, 1.807) is 17.0 Å². The highest BCUT2D eigenvalue weighted by atomic mass is 19.1. The number of halogens is 1. The summed E-state index contributed by atoms with van der Waals surface area (Å²) in [6, 6.07) is 16.6. The van der Waals surface area contributed by atoms with E-state index in [1.165, 1.54) is 6.07 Å². The second kappa shape index (κ2) is 10.6. The lowest BCUT2D eigenvalue weighted by atomic mass is 9.85. The monoisotopic (exact) mass is 528 g/mol. The lowest BCUT2D eigenvalue weighted by Crippen LogP contribution is -2.36. The molecule has 1 amide bonds. The molecule has 0 aliphatic carbocycles. The van der Waals surface area contributed by atoms with Gasteiger partial charge in [0.15, 0.2) is 0 Å². The summed E-state index contributed by atoms with van der Waals surface area (Å²) in [5.41, 5.74) is 6.19. The fourth-order valence-electron chi connectivity index (χ4n) is 5.61. The fourth-order valence-corrected chi connectivity index (χ4v) is 5.61. The number of ether oxygens (including phenoxy) is 1. The predicted octanol–water partition coefficient (Wildman–Crippen LogP) is 4.34. The molecule has 9 bridgehead atoms. The van der Waals surface area contributed by atoms with Crippen LogP contribution < -0.4 is 0 Å². The topological polar surface area (TPSA) is 97.6 Å². The summed E-state index contributed by atoms with van der Waals surface area (Å²) in [6.45, 7) is 2.42. The number of nitrogens with zero attached hydrogens (tertiary/aromatic N) is 4. The number of carbonyl (C=O) groups is 2. The van der Waals surface area contributed by atoms with E-state index in [2.05, 4.69) is 10.3 Å². The van der Waals surface area contributed by atoms with Gasteiger partial charge in [-0.05, 0) is 71.3 Å². The van der Waals surface area contributed by atoms with E-state index < -0.39 is 17.7 Å². The summed E-state index contributed by atoms with van der Waals surface area (Å²) in [4.78, 5) is 26.8. The Hall–Kier alpha value is -4.11. The zero-order valence-electron chi connectivity index (χ0n) is 21.5. The molecular weight excluding hydrogens is 499 g/mol. The molecule has 8 nitrogen and oxygen atoms in total. The number of carboxylic acids is 1. The van der Waals surface area contributed by atoms with Crippen molar-refractivity contribution in [2.24, 2.45) is 0 Å². The second-order valence-corrected chi connectivity index (χ2v) is 10.2. The summed E-state index contributed by atoms with van der Waals surface area (Å²) in [5.74, 6) is -2.17. The molecule has 1 N–H and O–H groups in total. The van der Waals surface area contributed by atoms with E-state index >= 15 is 0 Å². The lowest BCUT2D eigenvalue weighted by Gasteiger charge is -2.30. The van der Waals surface area contributed by atoms with Crippen molar-refractivity contribution < 1.29 is 23.8 Å². The number of hydrogen-bond donors (Lipinski definition) is 1. The van der Waals surface area contributed by atoms with Crippen LogP contribution in [0.2, 0.25) is 0 Å². The van der Waals surface area contributed by atoms with Crippen LogP contribution in [0.5, 0.6) is 0 Å². The van der Waals surface area contributed by atoms with Crippen molar-refractivity contribution in [2.45, 2.75) is 44.7 Å². The first-order chi connectivity index (χ1) is 19.0. The van der Waals surface area contributed by atoms with E-state index in [-0.39, 0.29) is 17.9 Å². The summed E-state index contributed by atoms with van der Waals surface area (Å²) >= 11 is 0. The molecule has 0 saturated heterocycles. The van der Waals surface area contributed by atoms with Gasteiger partial charge in [-0.2, -0.15) is 0 Å². The average Bonchev–Trinajstić information content (AvgIpc) is 3.34. The normalized spacial score (nSPS) is 18.0. The molecule has 9 rings (SSSR count). The Kier molecular flexibility index (Phi) is 6.83. The number of carbonyl (C=O) groups excluding carboxylic acids is 1. The van der Waals surface area contributed by atoms with Crippen molar-refractivity contribution in [2.75, 3.05) is 19.8 Å². The summed E-state index contributed by atoms with van der Waals surface area (Å²) < 4.78 is 22.6. The Morgan fingerprint density at radius 2 is 1.85 bits per heavy atom. The standard InChI is InChI=1S/C30H29FN4O4/c31-26-14-19-2-6-24(26)30(38)34-11-8-20-3-4-21(15-23(20)18-34)25(17-29(36)37)22-5-7-28-27(16-22)32-33-35(28)10-1-12-39-13-9-19/h2-7,14-16,25H,1,8-13,17-18H2,(H,36,37)/t25-/m0/s1. The van der Waals surface area contributed by atoms with Crippen molar-refractivity contribution in [1.29, 1.82) is 0 Å². The Morgan fingerprint density at radius 3 is 2.69 bits per heavy atom. The number of aryl methyl sites for hydroxylation is 1. The number of carboxylic acid groups (broad SMARTS) is 1. The van der Waals surface area contributed by atoms with Gasteiger partial charge in [-0.25, -0.2) is 9.07 Å². The van der Waals surface area contributed by atoms with E-state index in [0.29, 0.717) is 51.2 Å². The number of amides is 1. The fraction of sp³-hybridized carbons (Fsp3) is 0.333. The SMILES string of the molecule is O=C(O)C[C@H]1c2ccc3c(c2)CN(CC3)C(=O)c2ccc(cc2F)CCOCCCn2nnc3cc1ccc32. The van der Waals surface area contributed by atoms with Crippen LogP contribution in [0.15, 0.2) is 54.6 Å². The van der Waals surface area contributed by atoms with Crippen LogP contribution in [0.3, 0.4) is 0 Å². The molecule has 0 saturated carbocycles. The molecule has 9 heteroatoms. The molecule has 1 aromatic heterocycles. The number of hydrogen-bond acceptors (Lipinski definition) is 5. The van der Waals surface area contributed by atoms with Crippen molar-refractivity contribution in [3.63, 3.8) is 0 Å². The Bertz CT molecular complexity index is 1570. The number of rotatable bonds is 2. The van der Waals surface area contributed by atoms with E-state index in [0.717, 1.165) is 39.8 Å². The first kappa shape index (κ1) is 25.2. The minimum Gasteiger partial charge on any atom is -0.481 e.